The van der Waals surface area contributed by atoms with Crippen LogP contribution in [0.25, 0.3) is 0 Å². The molecule has 0 unspecified atom stereocenters. The number of methoxy groups -OCH3 is 1. The van der Waals surface area contributed by atoms with Gasteiger partial charge < -0.3 is 15.0 Å². The maximum atomic E-state index is 5.88. The van der Waals surface area contributed by atoms with E-state index in [-0.39, 0.29) is 11.6 Å². The largest absolute Gasteiger partial charge is 0.370 e. The molecule has 2 rings (SSSR count). The number of ether oxygens (including phenoxy) is 1. The predicted octanol–water partition coefficient (Wildman–Crippen LogP) is 2.29. The van der Waals surface area contributed by atoms with E-state index in [4.69, 9.17) is 15.0 Å². The molecule has 1 aromatic rings. The average Bonchev–Trinajstić information content (AvgIpc) is 2.88. The molecule has 1 aliphatic rings. The zero-order valence-electron chi connectivity index (χ0n) is 10.6. The second-order valence-electron chi connectivity index (χ2n) is 4.73. The highest BCUT2D eigenvalue weighted by Crippen LogP contribution is 2.38. The molecule has 1 saturated carbocycles. The van der Waals surface area contributed by atoms with Crippen LogP contribution in [0.5, 0.6) is 0 Å². The van der Waals surface area contributed by atoms with E-state index < -0.39 is 0 Å². The summed E-state index contributed by atoms with van der Waals surface area (Å²) in [7, 11) is 1.72. The summed E-state index contributed by atoms with van der Waals surface area (Å²) in [4.78, 5) is 4.42. The number of nitrogens with zero attached hydrogens (tertiary/aromatic N) is 2. The molecule has 1 aliphatic carbocycles. The minimum absolute atomic E-state index is 0.172. The molecule has 0 amide bonds. The maximum absolute atomic E-state index is 5.88. The fourth-order valence-electron chi connectivity index (χ4n) is 2.39. The molecule has 17 heavy (non-hydrogen) atoms. The molecule has 1 fully saturated rings. The van der Waals surface area contributed by atoms with Crippen molar-refractivity contribution < 1.29 is 9.26 Å². The first kappa shape index (κ1) is 12.5. The lowest BCUT2D eigenvalue weighted by Gasteiger charge is -2.32. The van der Waals surface area contributed by atoms with Crippen molar-refractivity contribution in [3.63, 3.8) is 0 Å². The maximum Gasteiger partial charge on any atom is 0.243 e. The van der Waals surface area contributed by atoms with Crippen LogP contribution in [0, 0.1) is 0 Å². The Balaban J connectivity index is 2.22. The standard InChI is InChI=1S/C12H21N3O2/c1-3-9(13)10-14-11(15-17-10)12(16-2)7-5-4-6-8-12/h9H,3-8,13H2,1-2H3/t9-/m1/s1. The van der Waals surface area contributed by atoms with Crippen LogP contribution in [-0.4, -0.2) is 17.3 Å². The topological polar surface area (TPSA) is 74.2 Å². The third-order valence-electron chi connectivity index (χ3n) is 3.66. The van der Waals surface area contributed by atoms with E-state index in [2.05, 4.69) is 10.1 Å². The Morgan fingerprint density at radius 2 is 2.12 bits per heavy atom. The molecule has 1 heterocycles. The molecule has 96 valence electrons. The van der Waals surface area contributed by atoms with E-state index in [0.29, 0.717) is 11.7 Å². The van der Waals surface area contributed by atoms with Crippen LogP contribution in [0.1, 0.15) is 63.2 Å². The van der Waals surface area contributed by atoms with Crippen LogP contribution in [0.3, 0.4) is 0 Å². The van der Waals surface area contributed by atoms with Crippen molar-refractivity contribution in [2.75, 3.05) is 7.11 Å². The van der Waals surface area contributed by atoms with Gasteiger partial charge in [-0.2, -0.15) is 4.98 Å². The summed E-state index contributed by atoms with van der Waals surface area (Å²) in [5, 5.41) is 4.06. The second kappa shape index (κ2) is 5.14. The smallest absolute Gasteiger partial charge is 0.243 e. The van der Waals surface area contributed by atoms with Gasteiger partial charge in [0.25, 0.3) is 0 Å². The molecule has 1 aromatic heterocycles. The Morgan fingerprint density at radius 3 is 2.71 bits per heavy atom. The average molecular weight is 239 g/mol. The third-order valence-corrected chi connectivity index (χ3v) is 3.66. The minimum Gasteiger partial charge on any atom is -0.370 e. The van der Waals surface area contributed by atoms with Crippen molar-refractivity contribution in [1.29, 1.82) is 0 Å². The van der Waals surface area contributed by atoms with Gasteiger partial charge in [0.05, 0.1) is 6.04 Å². The van der Waals surface area contributed by atoms with Crippen LogP contribution < -0.4 is 5.73 Å². The van der Waals surface area contributed by atoms with Crippen LogP contribution in [0.4, 0.5) is 0 Å². The summed E-state index contributed by atoms with van der Waals surface area (Å²) < 4.78 is 10.9. The fourth-order valence-corrected chi connectivity index (χ4v) is 2.39. The number of aromatic nitrogens is 2. The Bertz CT molecular complexity index is 358. The van der Waals surface area contributed by atoms with Gasteiger partial charge >= 0.3 is 0 Å². The third kappa shape index (κ3) is 2.35. The van der Waals surface area contributed by atoms with Gasteiger partial charge in [-0.25, -0.2) is 0 Å². The first-order chi connectivity index (χ1) is 8.22. The van der Waals surface area contributed by atoms with Gasteiger partial charge in [0, 0.05) is 7.11 Å². The zero-order chi connectivity index (χ0) is 12.3. The van der Waals surface area contributed by atoms with E-state index in [1.165, 1.54) is 6.42 Å². The quantitative estimate of drug-likeness (QED) is 0.872. The lowest BCUT2D eigenvalue weighted by molar-refractivity contribution is -0.0527. The summed E-state index contributed by atoms with van der Waals surface area (Å²) >= 11 is 0. The normalized spacial score (nSPS) is 21.4. The summed E-state index contributed by atoms with van der Waals surface area (Å²) in [5.74, 6) is 1.18. The van der Waals surface area contributed by atoms with Crippen molar-refractivity contribution in [1.82, 2.24) is 10.1 Å². The van der Waals surface area contributed by atoms with Gasteiger partial charge in [-0.05, 0) is 19.3 Å². The summed E-state index contributed by atoms with van der Waals surface area (Å²) in [6, 6.07) is -0.172. The molecular weight excluding hydrogens is 218 g/mol. The first-order valence-electron chi connectivity index (χ1n) is 6.36. The number of hydrogen-bond donors (Lipinski definition) is 1. The molecule has 5 heteroatoms. The second-order valence-corrected chi connectivity index (χ2v) is 4.73. The number of rotatable bonds is 4. The number of hydrogen-bond acceptors (Lipinski definition) is 5. The van der Waals surface area contributed by atoms with E-state index in [1.807, 2.05) is 6.92 Å². The van der Waals surface area contributed by atoms with Crippen molar-refractivity contribution in [2.45, 2.75) is 57.1 Å². The molecule has 0 saturated heterocycles. The van der Waals surface area contributed by atoms with E-state index in [9.17, 15) is 0 Å². The van der Waals surface area contributed by atoms with Gasteiger partial charge in [-0.1, -0.05) is 31.3 Å². The lowest BCUT2D eigenvalue weighted by Crippen LogP contribution is -2.32. The van der Waals surface area contributed by atoms with E-state index in [0.717, 1.165) is 32.1 Å². The molecule has 0 radical (unpaired) electrons. The van der Waals surface area contributed by atoms with Gasteiger partial charge in [0.1, 0.15) is 5.60 Å². The SMILES string of the molecule is CC[C@@H](N)c1nc(C2(OC)CCCCC2)no1. The summed E-state index contributed by atoms with van der Waals surface area (Å²) in [6.45, 7) is 2.00. The Hall–Kier alpha value is -0.940. The summed E-state index contributed by atoms with van der Waals surface area (Å²) in [5.41, 5.74) is 5.53. The summed E-state index contributed by atoms with van der Waals surface area (Å²) in [6.07, 6.45) is 6.27. The first-order valence-corrected chi connectivity index (χ1v) is 6.36. The van der Waals surface area contributed by atoms with Crippen molar-refractivity contribution in [2.24, 2.45) is 5.73 Å². The van der Waals surface area contributed by atoms with Gasteiger partial charge in [0.15, 0.2) is 0 Å². The number of nitrogens with two attached hydrogens (primary N) is 1. The fraction of sp³-hybridized carbons (Fsp3) is 0.833. The van der Waals surface area contributed by atoms with Crippen molar-refractivity contribution >= 4 is 0 Å². The molecule has 0 aliphatic heterocycles. The highest BCUT2D eigenvalue weighted by Gasteiger charge is 2.38. The van der Waals surface area contributed by atoms with Gasteiger partial charge in [0.2, 0.25) is 11.7 Å². The predicted molar refractivity (Wildman–Crippen MR) is 63.3 cm³/mol. The Morgan fingerprint density at radius 1 is 1.41 bits per heavy atom. The Labute approximate surface area is 102 Å². The van der Waals surface area contributed by atoms with Crippen LogP contribution in [0.15, 0.2) is 4.52 Å². The van der Waals surface area contributed by atoms with Gasteiger partial charge in [-0.3, -0.25) is 0 Å². The Kier molecular flexibility index (Phi) is 3.79. The van der Waals surface area contributed by atoms with Gasteiger partial charge in [-0.15, -0.1) is 0 Å². The molecule has 0 bridgehead atoms. The molecule has 0 spiro atoms. The molecular formula is C12H21N3O2. The lowest BCUT2D eigenvalue weighted by atomic mass is 9.84. The van der Waals surface area contributed by atoms with Crippen LogP contribution >= 0.6 is 0 Å². The molecule has 2 N–H and O–H groups in total. The van der Waals surface area contributed by atoms with Crippen LogP contribution in [0.2, 0.25) is 0 Å². The van der Waals surface area contributed by atoms with Crippen molar-refractivity contribution in [3.05, 3.63) is 11.7 Å². The van der Waals surface area contributed by atoms with E-state index in [1.54, 1.807) is 7.11 Å². The van der Waals surface area contributed by atoms with Crippen LogP contribution in [-0.2, 0) is 10.3 Å². The highest BCUT2D eigenvalue weighted by atomic mass is 16.5. The molecule has 5 nitrogen and oxygen atoms in total. The highest BCUT2D eigenvalue weighted by molar-refractivity contribution is 5.04. The van der Waals surface area contributed by atoms with E-state index >= 15 is 0 Å². The minimum atomic E-state index is -0.354. The monoisotopic (exact) mass is 239 g/mol. The zero-order valence-corrected chi connectivity index (χ0v) is 10.6. The van der Waals surface area contributed by atoms with Crippen molar-refractivity contribution in [3.8, 4) is 0 Å². The molecule has 0 aromatic carbocycles. The molecule has 1 atom stereocenters.